The second-order valence-electron chi connectivity index (χ2n) is 4.63. The minimum absolute atomic E-state index is 0.0448. The maximum Gasteiger partial charge on any atom is 0.417 e. The lowest BCUT2D eigenvalue weighted by Crippen LogP contribution is -2.19. The molecule has 0 N–H and O–H groups in total. The van der Waals surface area contributed by atoms with Crippen LogP contribution in [0.4, 0.5) is 26.3 Å². The average molecular weight is 354 g/mol. The maximum absolute atomic E-state index is 13.0. The number of alkyl halides is 6. The average Bonchev–Trinajstić information content (AvgIpc) is 2.44. The van der Waals surface area contributed by atoms with Crippen molar-refractivity contribution in [2.24, 2.45) is 0 Å². The van der Waals surface area contributed by atoms with E-state index >= 15 is 0 Å². The molecule has 3 nitrogen and oxygen atoms in total. The Morgan fingerprint density at radius 2 is 1.67 bits per heavy atom. The molecule has 1 rings (SSSR count). The van der Waals surface area contributed by atoms with Gasteiger partial charge < -0.3 is 4.74 Å². The van der Waals surface area contributed by atoms with Gasteiger partial charge in [-0.2, -0.15) is 26.3 Å². The fourth-order valence-corrected chi connectivity index (χ4v) is 1.76. The molecule has 0 radical (unpaired) electrons. The van der Waals surface area contributed by atoms with E-state index in [1.54, 1.807) is 0 Å². The Hall–Kier alpha value is -2.32. The second-order valence-corrected chi connectivity index (χ2v) is 4.63. The molecule has 0 fully saturated rings. The number of ketones is 2. The molecule has 0 saturated carbocycles. The molecule has 0 amide bonds. The fraction of sp³-hybridized carbons (Fsp3) is 0.333. The molecule has 24 heavy (non-hydrogen) atoms. The van der Waals surface area contributed by atoms with Gasteiger partial charge in [0, 0.05) is 5.56 Å². The molecule has 0 bridgehead atoms. The van der Waals surface area contributed by atoms with Crippen LogP contribution in [0.3, 0.4) is 0 Å². The largest absolute Gasteiger partial charge is 0.501 e. The first-order chi connectivity index (χ1) is 10.9. The summed E-state index contributed by atoms with van der Waals surface area (Å²) in [5.41, 5.74) is -5.07. The summed E-state index contributed by atoms with van der Waals surface area (Å²) in [4.78, 5) is 23.6. The summed E-state index contributed by atoms with van der Waals surface area (Å²) in [6.45, 7) is 2.49. The number of benzene rings is 1. The first kappa shape index (κ1) is 19.7. The normalized spacial score (nSPS) is 12.9. The summed E-state index contributed by atoms with van der Waals surface area (Å²) in [6.07, 6.45) is -9.52. The molecule has 0 unspecified atom stereocenters. The number of allylic oxidation sites excluding steroid dienone is 1. The van der Waals surface area contributed by atoms with E-state index in [4.69, 9.17) is 4.74 Å². The third-order valence-corrected chi connectivity index (χ3v) is 2.89. The third-order valence-electron chi connectivity index (χ3n) is 2.89. The number of halogens is 6. The van der Waals surface area contributed by atoms with E-state index in [9.17, 15) is 35.9 Å². The van der Waals surface area contributed by atoms with Crippen molar-refractivity contribution in [2.45, 2.75) is 26.2 Å². The van der Waals surface area contributed by atoms with Crippen LogP contribution in [0, 0.1) is 0 Å². The van der Waals surface area contributed by atoms with E-state index in [-0.39, 0.29) is 12.7 Å². The first-order valence-electron chi connectivity index (χ1n) is 6.55. The van der Waals surface area contributed by atoms with Gasteiger partial charge in [-0.1, -0.05) is 0 Å². The topological polar surface area (TPSA) is 43.4 Å². The van der Waals surface area contributed by atoms with E-state index < -0.39 is 46.2 Å². The summed E-state index contributed by atoms with van der Waals surface area (Å²) >= 11 is 0. The van der Waals surface area contributed by atoms with Crippen LogP contribution in [0.1, 0.15) is 35.3 Å². The quantitative estimate of drug-likeness (QED) is 0.196. The van der Waals surface area contributed by atoms with Gasteiger partial charge in [0.15, 0.2) is 11.6 Å². The van der Waals surface area contributed by atoms with Gasteiger partial charge in [-0.05, 0) is 32.0 Å². The van der Waals surface area contributed by atoms with Crippen molar-refractivity contribution in [1.29, 1.82) is 0 Å². The molecular weight excluding hydrogens is 342 g/mol. The van der Waals surface area contributed by atoms with E-state index in [0.717, 1.165) is 6.92 Å². The van der Waals surface area contributed by atoms with Gasteiger partial charge in [0.05, 0.1) is 29.6 Å². The molecule has 0 atom stereocenters. The Morgan fingerprint density at radius 3 is 2.08 bits per heavy atom. The van der Waals surface area contributed by atoms with Gasteiger partial charge in [-0.15, -0.1) is 0 Å². The van der Waals surface area contributed by atoms with E-state index in [0.29, 0.717) is 18.4 Å². The minimum Gasteiger partial charge on any atom is -0.501 e. The summed E-state index contributed by atoms with van der Waals surface area (Å²) < 4.78 is 81.7. The highest BCUT2D eigenvalue weighted by Crippen LogP contribution is 2.38. The van der Waals surface area contributed by atoms with Gasteiger partial charge in [-0.25, -0.2) is 0 Å². The van der Waals surface area contributed by atoms with Gasteiger partial charge in [0.2, 0.25) is 0 Å². The highest BCUT2D eigenvalue weighted by atomic mass is 19.4. The number of hydrogen-bond donors (Lipinski definition) is 0. The molecule has 0 spiro atoms. The lowest BCUT2D eigenvalue weighted by molar-refractivity contribution is -0.143. The maximum atomic E-state index is 13.0. The fourth-order valence-electron chi connectivity index (χ4n) is 1.76. The van der Waals surface area contributed by atoms with Crippen molar-refractivity contribution in [2.75, 3.05) is 6.61 Å². The van der Waals surface area contributed by atoms with Crippen LogP contribution in [-0.4, -0.2) is 18.2 Å². The van der Waals surface area contributed by atoms with Crippen LogP contribution >= 0.6 is 0 Å². The van der Waals surface area contributed by atoms with Gasteiger partial charge in [0.25, 0.3) is 0 Å². The predicted octanol–water partition coefficient (Wildman–Crippen LogP) is 4.42. The number of carbonyl (C=O) groups excluding carboxylic acids is 2. The Kier molecular flexibility index (Phi) is 5.80. The highest BCUT2D eigenvalue weighted by Gasteiger charge is 2.40. The van der Waals surface area contributed by atoms with E-state index in [2.05, 4.69) is 0 Å². The zero-order valence-electron chi connectivity index (χ0n) is 12.5. The number of rotatable bonds is 5. The molecule has 1 aromatic rings. The molecular formula is C15H12F6O3. The lowest BCUT2D eigenvalue weighted by atomic mass is 9.95. The molecule has 0 heterocycles. The molecule has 9 heteroatoms. The van der Waals surface area contributed by atoms with Gasteiger partial charge >= 0.3 is 12.4 Å². The van der Waals surface area contributed by atoms with Crippen LogP contribution in [-0.2, 0) is 21.9 Å². The van der Waals surface area contributed by atoms with Crippen LogP contribution in [0.25, 0.3) is 0 Å². The van der Waals surface area contributed by atoms with E-state index in [1.165, 1.54) is 6.92 Å². The Morgan fingerprint density at radius 1 is 1.08 bits per heavy atom. The second kappa shape index (κ2) is 7.06. The van der Waals surface area contributed by atoms with Crippen LogP contribution in [0.5, 0.6) is 0 Å². The molecule has 0 aliphatic heterocycles. The smallest absolute Gasteiger partial charge is 0.417 e. The minimum atomic E-state index is -5.21. The summed E-state index contributed by atoms with van der Waals surface area (Å²) in [5, 5.41) is 0. The highest BCUT2D eigenvalue weighted by molar-refractivity contribution is 6.26. The van der Waals surface area contributed by atoms with Crippen LogP contribution in [0.2, 0.25) is 0 Å². The standard InChI is InChI=1S/C15H12F6O3/c1-3-24-7-11(8(2)22)13(23)10-5-4-9(14(16,17)18)6-12(10)15(19,20)21/h4-7H,3H2,1-2H3. The molecule has 132 valence electrons. The summed E-state index contributed by atoms with van der Waals surface area (Å²) in [5.74, 6) is -2.24. The molecule has 0 aliphatic rings. The summed E-state index contributed by atoms with van der Waals surface area (Å²) in [7, 11) is 0. The molecule has 1 aromatic carbocycles. The van der Waals surface area contributed by atoms with Crippen molar-refractivity contribution in [3.05, 3.63) is 46.7 Å². The zero-order chi connectivity index (χ0) is 18.7. The van der Waals surface area contributed by atoms with Crippen molar-refractivity contribution in [1.82, 2.24) is 0 Å². The van der Waals surface area contributed by atoms with Gasteiger partial charge in [-0.3, -0.25) is 9.59 Å². The third kappa shape index (κ3) is 4.59. The Labute approximate surface area is 132 Å². The van der Waals surface area contributed by atoms with Crippen LogP contribution < -0.4 is 0 Å². The number of Topliss-reactive ketones (excluding diaryl/α,β-unsaturated/α-hetero) is 2. The van der Waals surface area contributed by atoms with E-state index in [1.807, 2.05) is 0 Å². The SMILES string of the molecule is CCOC=C(C(C)=O)C(=O)c1ccc(C(F)(F)F)cc1C(F)(F)F. The van der Waals surface area contributed by atoms with Crippen molar-refractivity contribution in [3.63, 3.8) is 0 Å². The Bertz CT molecular complexity index is 671. The number of ether oxygens (including phenoxy) is 1. The monoisotopic (exact) mass is 354 g/mol. The summed E-state index contributed by atoms with van der Waals surface area (Å²) in [6, 6.07) is 0.587. The first-order valence-corrected chi connectivity index (χ1v) is 6.55. The van der Waals surface area contributed by atoms with Gasteiger partial charge in [0.1, 0.15) is 0 Å². The van der Waals surface area contributed by atoms with Crippen molar-refractivity contribution < 1.29 is 40.7 Å². The zero-order valence-corrected chi connectivity index (χ0v) is 12.5. The molecule has 0 aliphatic carbocycles. The van der Waals surface area contributed by atoms with Crippen molar-refractivity contribution >= 4 is 11.6 Å². The number of carbonyl (C=O) groups is 2. The number of hydrogen-bond acceptors (Lipinski definition) is 3. The molecule has 0 aromatic heterocycles. The molecule has 0 saturated heterocycles. The van der Waals surface area contributed by atoms with Crippen LogP contribution in [0.15, 0.2) is 30.0 Å². The van der Waals surface area contributed by atoms with Crippen molar-refractivity contribution in [3.8, 4) is 0 Å². The Balaban J connectivity index is 3.52. The predicted molar refractivity (Wildman–Crippen MR) is 71.2 cm³/mol. The lowest BCUT2D eigenvalue weighted by Gasteiger charge is -2.15.